The molecule has 20 heavy (non-hydrogen) atoms. The first kappa shape index (κ1) is 16.7. The van der Waals surface area contributed by atoms with E-state index in [1.165, 1.54) is 12.7 Å². The van der Waals surface area contributed by atoms with Crippen molar-refractivity contribution >= 4 is 11.9 Å². The number of rotatable bonds is 5. The Labute approximate surface area is 122 Å². The molecule has 0 aromatic carbocycles. The first-order valence-corrected chi connectivity index (χ1v) is 7.16. The largest absolute Gasteiger partial charge is 0.467 e. The molecule has 1 fully saturated rings. The second kappa shape index (κ2) is 5.98. The fraction of sp³-hybridized carbons (Fsp3) is 0.750. The minimum Gasteiger partial charge on any atom is -0.467 e. The molecule has 1 aliphatic carbocycles. The highest BCUT2D eigenvalue weighted by molar-refractivity contribution is 5.88. The van der Waals surface area contributed by atoms with Crippen LogP contribution >= 0.6 is 0 Å². The summed E-state index contributed by atoms with van der Waals surface area (Å²) in [5, 5.41) is 2.85. The van der Waals surface area contributed by atoms with Gasteiger partial charge in [0.05, 0.1) is 13.0 Å². The highest BCUT2D eigenvalue weighted by Crippen LogP contribution is 2.59. The molecule has 4 nitrogen and oxygen atoms in total. The molecule has 0 spiro atoms. The molecule has 1 N–H and O–H groups in total. The van der Waals surface area contributed by atoms with Crippen LogP contribution in [0.25, 0.3) is 0 Å². The molecule has 2 unspecified atom stereocenters. The molecule has 1 rings (SSSR count). The van der Waals surface area contributed by atoms with Crippen molar-refractivity contribution in [2.45, 2.75) is 47.6 Å². The maximum absolute atomic E-state index is 12.4. The Morgan fingerprint density at radius 1 is 1.25 bits per heavy atom. The lowest BCUT2D eigenvalue weighted by Crippen LogP contribution is -2.46. The van der Waals surface area contributed by atoms with E-state index in [0.29, 0.717) is 0 Å². The van der Waals surface area contributed by atoms with E-state index in [4.69, 9.17) is 4.74 Å². The minimum absolute atomic E-state index is 0.00941. The van der Waals surface area contributed by atoms with Gasteiger partial charge >= 0.3 is 5.97 Å². The van der Waals surface area contributed by atoms with Crippen LogP contribution in [0, 0.1) is 23.2 Å². The van der Waals surface area contributed by atoms with Gasteiger partial charge in [-0.2, -0.15) is 0 Å². The molecule has 0 aliphatic heterocycles. The van der Waals surface area contributed by atoms with Crippen LogP contribution in [0.2, 0.25) is 0 Å². The summed E-state index contributed by atoms with van der Waals surface area (Å²) in [6.07, 6.45) is 2.15. The van der Waals surface area contributed by atoms with Gasteiger partial charge < -0.3 is 10.1 Å². The standard InChI is InChI=1S/C16H27NO3/c1-9(2)8-11-12(16(11,5)6)14(18)17-13(10(3)4)15(19)20-7/h8,10-13H,1-7H3,(H,17,18)/t11?,12?,13-/m0/s1. The van der Waals surface area contributed by atoms with Gasteiger partial charge in [-0.3, -0.25) is 4.79 Å². The topological polar surface area (TPSA) is 55.4 Å². The van der Waals surface area contributed by atoms with E-state index in [0.717, 1.165) is 0 Å². The Morgan fingerprint density at radius 2 is 1.80 bits per heavy atom. The zero-order chi connectivity index (χ0) is 15.7. The molecule has 0 aromatic rings. The average molecular weight is 281 g/mol. The Hall–Kier alpha value is -1.32. The monoisotopic (exact) mass is 281 g/mol. The van der Waals surface area contributed by atoms with E-state index in [-0.39, 0.29) is 35.0 Å². The van der Waals surface area contributed by atoms with E-state index in [2.05, 4.69) is 25.2 Å². The van der Waals surface area contributed by atoms with Crippen molar-refractivity contribution in [2.75, 3.05) is 7.11 Å². The summed E-state index contributed by atoms with van der Waals surface area (Å²) in [6, 6.07) is -0.573. The van der Waals surface area contributed by atoms with Crippen molar-refractivity contribution in [1.29, 1.82) is 0 Å². The van der Waals surface area contributed by atoms with Gasteiger partial charge in [0.25, 0.3) is 0 Å². The first-order valence-electron chi connectivity index (χ1n) is 7.16. The summed E-state index contributed by atoms with van der Waals surface area (Å²) in [4.78, 5) is 24.1. The number of carbonyl (C=O) groups is 2. The molecule has 3 atom stereocenters. The van der Waals surface area contributed by atoms with Gasteiger partial charge in [-0.1, -0.05) is 39.3 Å². The van der Waals surface area contributed by atoms with Crippen molar-refractivity contribution in [3.63, 3.8) is 0 Å². The zero-order valence-corrected chi connectivity index (χ0v) is 13.6. The molecule has 0 radical (unpaired) electrons. The van der Waals surface area contributed by atoms with E-state index in [9.17, 15) is 9.59 Å². The number of esters is 1. The van der Waals surface area contributed by atoms with Gasteiger partial charge in [0, 0.05) is 0 Å². The number of hydrogen-bond acceptors (Lipinski definition) is 3. The van der Waals surface area contributed by atoms with Gasteiger partial charge in [-0.25, -0.2) is 4.79 Å². The van der Waals surface area contributed by atoms with Crippen LogP contribution in [0.3, 0.4) is 0 Å². The van der Waals surface area contributed by atoms with Gasteiger partial charge in [0.1, 0.15) is 6.04 Å². The van der Waals surface area contributed by atoms with Crippen LogP contribution in [0.4, 0.5) is 0 Å². The molecule has 4 heteroatoms. The van der Waals surface area contributed by atoms with Gasteiger partial charge in [-0.15, -0.1) is 0 Å². The second-order valence-electron chi connectivity index (χ2n) is 6.82. The molecular formula is C16H27NO3. The number of allylic oxidation sites excluding steroid dienone is 2. The lowest BCUT2D eigenvalue weighted by molar-refractivity contribution is -0.146. The Bertz CT molecular complexity index is 419. The molecule has 0 saturated heterocycles. The van der Waals surface area contributed by atoms with Crippen molar-refractivity contribution < 1.29 is 14.3 Å². The first-order chi connectivity index (χ1) is 9.12. The summed E-state index contributed by atoms with van der Waals surface area (Å²) in [6.45, 7) is 12.0. The number of ether oxygens (including phenoxy) is 1. The van der Waals surface area contributed by atoms with Crippen molar-refractivity contribution in [3.8, 4) is 0 Å². The van der Waals surface area contributed by atoms with E-state index in [1.54, 1.807) is 0 Å². The third kappa shape index (κ3) is 3.41. The van der Waals surface area contributed by atoms with Crippen LogP contribution in [0.1, 0.15) is 41.5 Å². The Kier molecular flexibility index (Phi) is 5.00. The third-order valence-electron chi connectivity index (χ3n) is 4.13. The van der Waals surface area contributed by atoms with Crippen LogP contribution in [0.5, 0.6) is 0 Å². The molecule has 0 bridgehead atoms. The van der Waals surface area contributed by atoms with Crippen molar-refractivity contribution in [1.82, 2.24) is 5.32 Å². The van der Waals surface area contributed by atoms with Crippen LogP contribution in [-0.4, -0.2) is 25.0 Å². The highest BCUT2D eigenvalue weighted by atomic mass is 16.5. The summed E-state index contributed by atoms with van der Waals surface area (Å²) < 4.78 is 4.75. The smallest absolute Gasteiger partial charge is 0.328 e. The molecule has 0 heterocycles. The summed E-state index contributed by atoms with van der Waals surface area (Å²) in [5.74, 6) is -0.247. The second-order valence-corrected chi connectivity index (χ2v) is 6.82. The van der Waals surface area contributed by atoms with E-state index in [1.807, 2.05) is 27.7 Å². The Balaban J connectivity index is 2.77. The predicted octanol–water partition coefficient (Wildman–Crippen LogP) is 2.54. The molecule has 1 saturated carbocycles. The minimum atomic E-state index is -0.573. The van der Waals surface area contributed by atoms with Gasteiger partial charge in [0.2, 0.25) is 5.91 Å². The number of nitrogens with one attached hydrogen (secondary N) is 1. The average Bonchev–Trinajstić information content (AvgIpc) is 2.85. The lowest BCUT2D eigenvalue weighted by atomic mass is 10.0. The highest BCUT2D eigenvalue weighted by Gasteiger charge is 2.60. The molecule has 1 amide bonds. The van der Waals surface area contributed by atoms with Crippen LogP contribution < -0.4 is 5.32 Å². The van der Waals surface area contributed by atoms with Crippen LogP contribution in [-0.2, 0) is 14.3 Å². The van der Waals surface area contributed by atoms with Crippen molar-refractivity contribution in [2.24, 2.45) is 23.2 Å². The molecule has 114 valence electrons. The summed E-state index contributed by atoms with van der Waals surface area (Å²) in [5.41, 5.74) is 1.17. The van der Waals surface area contributed by atoms with Crippen LogP contribution in [0.15, 0.2) is 11.6 Å². The third-order valence-corrected chi connectivity index (χ3v) is 4.13. The quantitative estimate of drug-likeness (QED) is 0.622. The maximum Gasteiger partial charge on any atom is 0.328 e. The van der Waals surface area contributed by atoms with E-state index < -0.39 is 6.04 Å². The maximum atomic E-state index is 12.4. The predicted molar refractivity (Wildman–Crippen MR) is 79.0 cm³/mol. The normalized spacial score (nSPS) is 24.8. The number of amides is 1. The zero-order valence-electron chi connectivity index (χ0n) is 13.6. The number of carbonyl (C=O) groups excluding carboxylic acids is 2. The summed E-state index contributed by atoms with van der Waals surface area (Å²) in [7, 11) is 1.34. The summed E-state index contributed by atoms with van der Waals surface area (Å²) >= 11 is 0. The molecule has 0 aromatic heterocycles. The fourth-order valence-electron chi connectivity index (χ4n) is 2.72. The van der Waals surface area contributed by atoms with Gasteiger partial charge in [0.15, 0.2) is 0 Å². The number of methoxy groups -OCH3 is 1. The van der Waals surface area contributed by atoms with E-state index >= 15 is 0 Å². The molecular weight excluding hydrogens is 254 g/mol. The SMILES string of the molecule is COC(=O)[C@@H](NC(=O)C1C(C=C(C)C)C1(C)C)C(C)C. The van der Waals surface area contributed by atoms with Crippen molar-refractivity contribution in [3.05, 3.63) is 11.6 Å². The lowest BCUT2D eigenvalue weighted by Gasteiger charge is -2.20. The Morgan fingerprint density at radius 3 is 2.20 bits per heavy atom. The molecule has 1 aliphatic rings. The fourth-order valence-corrected chi connectivity index (χ4v) is 2.72. The number of hydrogen-bond donors (Lipinski definition) is 1. The van der Waals surface area contributed by atoms with Gasteiger partial charge in [-0.05, 0) is 31.1 Å².